The van der Waals surface area contributed by atoms with Gasteiger partial charge in [-0.05, 0) is 33.4 Å². The van der Waals surface area contributed by atoms with Gasteiger partial charge < -0.3 is 10.4 Å². The van der Waals surface area contributed by atoms with Gasteiger partial charge in [0.15, 0.2) is 0 Å². The van der Waals surface area contributed by atoms with E-state index < -0.39 is 5.97 Å². The highest BCUT2D eigenvalue weighted by atomic mass is 79.9. The van der Waals surface area contributed by atoms with E-state index in [9.17, 15) is 9.90 Å². The molecule has 0 saturated heterocycles. The molecule has 0 aliphatic carbocycles. The van der Waals surface area contributed by atoms with Crippen molar-refractivity contribution in [2.45, 2.75) is 6.54 Å². The number of rotatable bonds is 4. The average molecular weight is 363 g/mol. The van der Waals surface area contributed by atoms with Gasteiger partial charge in [-0.1, -0.05) is 18.2 Å². The highest BCUT2D eigenvalue weighted by molar-refractivity contribution is 9.10. The standard InChI is InChI=1S/C15H11BrN2O2S/c16-11-5-6-21-13(11)8-18-14-9-3-1-2-4-12(9)17-7-10(14)15(19)20/h1-7H,8H2,(H,17,18)(H,19,20). The van der Waals surface area contributed by atoms with Crippen LogP contribution in [0.15, 0.2) is 46.4 Å². The summed E-state index contributed by atoms with van der Waals surface area (Å²) in [5.41, 5.74) is 1.56. The summed E-state index contributed by atoms with van der Waals surface area (Å²) in [5.74, 6) is -0.985. The van der Waals surface area contributed by atoms with E-state index in [1.54, 1.807) is 11.3 Å². The van der Waals surface area contributed by atoms with Crippen LogP contribution in [0.25, 0.3) is 10.9 Å². The number of nitrogens with one attached hydrogen (secondary N) is 1. The molecular weight excluding hydrogens is 352 g/mol. The minimum Gasteiger partial charge on any atom is -0.478 e. The largest absolute Gasteiger partial charge is 0.478 e. The van der Waals surface area contributed by atoms with Crippen LogP contribution in [-0.2, 0) is 6.54 Å². The van der Waals surface area contributed by atoms with E-state index in [2.05, 4.69) is 26.2 Å². The third-order valence-corrected chi connectivity index (χ3v) is 5.05. The summed E-state index contributed by atoms with van der Waals surface area (Å²) in [6, 6.07) is 9.48. The number of anilines is 1. The van der Waals surface area contributed by atoms with Gasteiger partial charge in [0.05, 0.1) is 17.7 Å². The summed E-state index contributed by atoms with van der Waals surface area (Å²) >= 11 is 5.09. The summed E-state index contributed by atoms with van der Waals surface area (Å²) in [6.45, 7) is 0.562. The molecule has 0 spiro atoms. The molecule has 0 unspecified atom stereocenters. The zero-order valence-electron chi connectivity index (χ0n) is 10.8. The summed E-state index contributed by atoms with van der Waals surface area (Å²) < 4.78 is 1.02. The number of aromatic carboxylic acids is 1. The number of nitrogens with zero attached hydrogens (tertiary/aromatic N) is 1. The Morgan fingerprint density at radius 1 is 1.33 bits per heavy atom. The third kappa shape index (κ3) is 2.77. The van der Waals surface area contributed by atoms with Gasteiger partial charge in [-0.25, -0.2) is 4.79 Å². The van der Waals surface area contributed by atoms with Crippen LogP contribution < -0.4 is 5.32 Å². The highest BCUT2D eigenvalue weighted by Gasteiger charge is 2.14. The number of pyridine rings is 1. The lowest BCUT2D eigenvalue weighted by Crippen LogP contribution is -2.07. The zero-order valence-corrected chi connectivity index (χ0v) is 13.2. The lowest BCUT2D eigenvalue weighted by Gasteiger charge is -2.12. The smallest absolute Gasteiger partial charge is 0.339 e. The predicted octanol–water partition coefficient (Wildman–Crippen LogP) is 4.37. The van der Waals surface area contributed by atoms with Crippen molar-refractivity contribution in [1.82, 2.24) is 4.98 Å². The number of carboxylic acid groups (broad SMARTS) is 1. The molecule has 0 bridgehead atoms. The van der Waals surface area contributed by atoms with Crippen molar-refractivity contribution in [2.24, 2.45) is 0 Å². The van der Waals surface area contributed by atoms with Crippen LogP contribution in [-0.4, -0.2) is 16.1 Å². The Bertz CT molecular complexity index is 816. The monoisotopic (exact) mass is 362 g/mol. The molecule has 0 atom stereocenters. The van der Waals surface area contributed by atoms with E-state index in [1.807, 2.05) is 35.7 Å². The highest BCUT2D eigenvalue weighted by Crippen LogP contribution is 2.28. The van der Waals surface area contributed by atoms with Crippen molar-refractivity contribution in [3.8, 4) is 0 Å². The number of hydrogen-bond donors (Lipinski definition) is 2. The number of carboxylic acids is 1. The molecule has 0 aliphatic rings. The molecule has 1 aromatic carbocycles. The number of para-hydroxylation sites is 1. The first-order valence-electron chi connectivity index (χ1n) is 6.23. The van der Waals surface area contributed by atoms with Crippen LogP contribution in [0.2, 0.25) is 0 Å². The van der Waals surface area contributed by atoms with E-state index in [-0.39, 0.29) is 5.56 Å². The van der Waals surface area contributed by atoms with Crippen LogP contribution in [0.1, 0.15) is 15.2 Å². The van der Waals surface area contributed by atoms with E-state index in [4.69, 9.17) is 0 Å². The second-order valence-corrected chi connectivity index (χ2v) is 6.27. The molecule has 0 aliphatic heterocycles. The Morgan fingerprint density at radius 2 is 2.14 bits per heavy atom. The fourth-order valence-corrected chi connectivity index (χ4v) is 3.55. The van der Waals surface area contributed by atoms with Crippen LogP contribution in [0.4, 0.5) is 5.69 Å². The molecule has 0 radical (unpaired) electrons. The first-order chi connectivity index (χ1) is 10.2. The molecule has 2 aromatic heterocycles. The lowest BCUT2D eigenvalue weighted by atomic mass is 10.1. The van der Waals surface area contributed by atoms with Crippen molar-refractivity contribution in [2.75, 3.05) is 5.32 Å². The van der Waals surface area contributed by atoms with Crippen molar-refractivity contribution >= 4 is 49.8 Å². The second-order valence-electron chi connectivity index (χ2n) is 4.41. The fourth-order valence-electron chi connectivity index (χ4n) is 2.11. The normalized spacial score (nSPS) is 10.7. The van der Waals surface area contributed by atoms with Gasteiger partial charge in [-0.2, -0.15) is 0 Å². The number of carbonyl (C=O) groups is 1. The van der Waals surface area contributed by atoms with Gasteiger partial charge in [0.25, 0.3) is 0 Å². The summed E-state index contributed by atoms with van der Waals surface area (Å²) in [7, 11) is 0. The third-order valence-electron chi connectivity index (χ3n) is 3.12. The Morgan fingerprint density at radius 3 is 2.86 bits per heavy atom. The first-order valence-corrected chi connectivity index (χ1v) is 7.91. The van der Waals surface area contributed by atoms with Gasteiger partial charge >= 0.3 is 5.97 Å². The van der Waals surface area contributed by atoms with Gasteiger partial charge in [-0.3, -0.25) is 4.98 Å². The maximum absolute atomic E-state index is 11.4. The fraction of sp³-hybridized carbons (Fsp3) is 0.0667. The van der Waals surface area contributed by atoms with E-state index >= 15 is 0 Å². The predicted molar refractivity (Wildman–Crippen MR) is 88.0 cm³/mol. The molecule has 21 heavy (non-hydrogen) atoms. The van der Waals surface area contributed by atoms with Crippen molar-refractivity contribution in [3.63, 3.8) is 0 Å². The second kappa shape index (κ2) is 5.83. The Balaban J connectivity index is 2.04. The van der Waals surface area contributed by atoms with Crippen molar-refractivity contribution in [3.05, 3.63) is 56.8 Å². The minimum atomic E-state index is -0.985. The molecule has 2 N–H and O–H groups in total. The average Bonchev–Trinajstić information content (AvgIpc) is 2.89. The Kier molecular flexibility index (Phi) is 3.90. The SMILES string of the molecule is O=C(O)c1cnc2ccccc2c1NCc1sccc1Br. The van der Waals surface area contributed by atoms with Crippen LogP contribution in [0.5, 0.6) is 0 Å². The van der Waals surface area contributed by atoms with Crippen LogP contribution >= 0.6 is 27.3 Å². The number of fused-ring (bicyclic) bond motifs is 1. The molecular formula is C15H11BrN2O2S. The molecule has 106 valence electrons. The van der Waals surface area contributed by atoms with E-state index in [0.29, 0.717) is 12.2 Å². The van der Waals surface area contributed by atoms with Gasteiger partial charge in [0.1, 0.15) is 5.56 Å². The van der Waals surface area contributed by atoms with Gasteiger partial charge in [0, 0.05) is 20.9 Å². The van der Waals surface area contributed by atoms with Crippen LogP contribution in [0.3, 0.4) is 0 Å². The molecule has 2 heterocycles. The number of thiophene rings is 1. The molecule has 3 aromatic rings. The minimum absolute atomic E-state index is 0.182. The summed E-state index contributed by atoms with van der Waals surface area (Å²) in [6.07, 6.45) is 1.40. The number of halogens is 1. The maximum Gasteiger partial charge on any atom is 0.339 e. The first kappa shape index (κ1) is 14.0. The molecule has 0 saturated carbocycles. The number of benzene rings is 1. The lowest BCUT2D eigenvalue weighted by molar-refractivity contribution is 0.0697. The Hall–Kier alpha value is -1.92. The van der Waals surface area contributed by atoms with Crippen molar-refractivity contribution < 1.29 is 9.90 Å². The van der Waals surface area contributed by atoms with Gasteiger partial charge in [0.2, 0.25) is 0 Å². The number of aromatic nitrogens is 1. The molecule has 0 amide bonds. The zero-order chi connectivity index (χ0) is 14.8. The molecule has 0 fully saturated rings. The van der Waals surface area contributed by atoms with Gasteiger partial charge in [-0.15, -0.1) is 11.3 Å². The summed E-state index contributed by atoms with van der Waals surface area (Å²) in [5, 5.41) is 15.4. The summed E-state index contributed by atoms with van der Waals surface area (Å²) in [4.78, 5) is 16.7. The van der Waals surface area contributed by atoms with Crippen LogP contribution in [0, 0.1) is 0 Å². The topological polar surface area (TPSA) is 62.2 Å². The maximum atomic E-state index is 11.4. The van der Waals surface area contributed by atoms with E-state index in [1.165, 1.54) is 6.20 Å². The van der Waals surface area contributed by atoms with E-state index in [0.717, 1.165) is 20.3 Å². The quantitative estimate of drug-likeness (QED) is 0.723. The molecule has 4 nitrogen and oxygen atoms in total. The Labute approximate surface area is 133 Å². The number of hydrogen-bond acceptors (Lipinski definition) is 4. The molecule has 3 rings (SSSR count). The molecule has 6 heteroatoms. The van der Waals surface area contributed by atoms with Crippen molar-refractivity contribution in [1.29, 1.82) is 0 Å².